The van der Waals surface area contributed by atoms with E-state index in [1.807, 2.05) is 6.92 Å². The van der Waals surface area contributed by atoms with E-state index in [-0.39, 0.29) is 11.9 Å². The maximum atomic E-state index is 11.5. The van der Waals surface area contributed by atoms with Crippen LogP contribution in [0.2, 0.25) is 0 Å². The molecule has 0 aromatic carbocycles. The van der Waals surface area contributed by atoms with Crippen LogP contribution in [-0.4, -0.2) is 37.0 Å². The van der Waals surface area contributed by atoms with E-state index in [0.717, 1.165) is 0 Å². The largest absolute Gasteiger partial charge is 0.347 e. The van der Waals surface area contributed by atoms with Crippen LogP contribution in [0.5, 0.6) is 0 Å². The zero-order valence-electron chi connectivity index (χ0n) is 9.22. The molecule has 2 atom stereocenters. The van der Waals surface area contributed by atoms with Crippen molar-refractivity contribution in [3.05, 3.63) is 0 Å². The van der Waals surface area contributed by atoms with Crippen molar-refractivity contribution in [3.63, 3.8) is 0 Å². The molecule has 3 nitrogen and oxygen atoms in total. The van der Waals surface area contributed by atoms with Gasteiger partial charge in [0.1, 0.15) is 0 Å². The molecule has 1 N–H and O–H groups in total. The lowest BCUT2D eigenvalue weighted by Gasteiger charge is -2.18. The van der Waals surface area contributed by atoms with Gasteiger partial charge in [0.2, 0.25) is 5.91 Å². The Balaban J connectivity index is 2.34. The molecule has 3 heteroatoms. The summed E-state index contributed by atoms with van der Waals surface area (Å²) in [7, 11) is 3.58. The molecule has 1 rings (SSSR count). The Morgan fingerprint density at radius 3 is 2.31 bits per heavy atom. The highest BCUT2D eigenvalue weighted by Crippen LogP contribution is 2.44. The van der Waals surface area contributed by atoms with Crippen LogP contribution >= 0.6 is 0 Å². The van der Waals surface area contributed by atoms with Crippen molar-refractivity contribution in [2.75, 3.05) is 14.1 Å². The van der Waals surface area contributed by atoms with Gasteiger partial charge in [-0.1, -0.05) is 13.8 Å². The van der Waals surface area contributed by atoms with Crippen molar-refractivity contribution in [2.24, 2.45) is 5.41 Å². The molecule has 13 heavy (non-hydrogen) atoms. The quantitative estimate of drug-likeness (QED) is 0.705. The van der Waals surface area contributed by atoms with Gasteiger partial charge in [-0.2, -0.15) is 0 Å². The SMILES string of the molecule is CC(NC1CC1(C)C)C(=O)N(C)C. The predicted molar refractivity (Wildman–Crippen MR) is 53.5 cm³/mol. The molecule has 1 amide bonds. The highest BCUT2D eigenvalue weighted by atomic mass is 16.2. The molecule has 1 fully saturated rings. The lowest BCUT2D eigenvalue weighted by molar-refractivity contribution is -0.130. The van der Waals surface area contributed by atoms with Crippen LogP contribution in [0, 0.1) is 5.41 Å². The van der Waals surface area contributed by atoms with Crippen LogP contribution < -0.4 is 5.32 Å². The van der Waals surface area contributed by atoms with Crippen molar-refractivity contribution < 1.29 is 4.79 Å². The first-order valence-corrected chi connectivity index (χ1v) is 4.82. The molecule has 0 aromatic rings. The molecule has 0 saturated heterocycles. The summed E-state index contributed by atoms with van der Waals surface area (Å²) in [6.07, 6.45) is 1.18. The number of carbonyl (C=O) groups is 1. The third kappa shape index (κ3) is 2.44. The van der Waals surface area contributed by atoms with E-state index in [1.54, 1.807) is 19.0 Å². The molecular weight excluding hydrogens is 164 g/mol. The summed E-state index contributed by atoms with van der Waals surface area (Å²) >= 11 is 0. The minimum atomic E-state index is -0.0539. The number of nitrogens with one attached hydrogen (secondary N) is 1. The molecule has 2 unspecified atom stereocenters. The normalized spacial score (nSPS) is 26.7. The van der Waals surface area contributed by atoms with Crippen molar-refractivity contribution in [1.29, 1.82) is 0 Å². The number of rotatable bonds is 3. The smallest absolute Gasteiger partial charge is 0.238 e. The molecule has 0 aliphatic heterocycles. The van der Waals surface area contributed by atoms with Gasteiger partial charge in [-0.15, -0.1) is 0 Å². The summed E-state index contributed by atoms with van der Waals surface area (Å²) in [6, 6.07) is 0.466. The first kappa shape index (κ1) is 10.5. The first-order chi connectivity index (χ1) is 5.84. The van der Waals surface area contributed by atoms with Crippen LogP contribution in [-0.2, 0) is 4.79 Å². The topological polar surface area (TPSA) is 32.3 Å². The van der Waals surface area contributed by atoms with Crippen molar-refractivity contribution in [1.82, 2.24) is 10.2 Å². The number of carbonyl (C=O) groups excluding carboxylic acids is 1. The predicted octanol–water partition coefficient (Wildman–Crippen LogP) is 0.851. The van der Waals surface area contributed by atoms with Gasteiger partial charge in [0.15, 0.2) is 0 Å². The summed E-state index contributed by atoms with van der Waals surface area (Å²) < 4.78 is 0. The second-order valence-electron chi connectivity index (χ2n) is 4.87. The third-order valence-corrected chi connectivity index (χ3v) is 2.78. The number of hydrogen-bond acceptors (Lipinski definition) is 2. The van der Waals surface area contributed by atoms with Crippen LogP contribution in [0.15, 0.2) is 0 Å². The molecule has 1 aliphatic rings. The summed E-state index contributed by atoms with van der Waals surface area (Å²) in [5, 5.41) is 3.33. The Morgan fingerprint density at radius 2 is 2.00 bits per heavy atom. The monoisotopic (exact) mass is 184 g/mol. The number of nitrogens with zero attached hydrogens (tertiary/aromatic N) is 1. The van der Waals surface area contributed by atoms with Gasteiger partial charge in [0.25, 0.3) is 0 Å². The fraction of sp³-hybridized carbons (Fsp3) is 0.900. The molecule has 0 radical (unpaired) electrons. The van der Waals surface area contributed by atoms with Gasteiger partial charge < -0.3 is 10.2 Å². The lowest BCUT2D eigenvalue weighted by Crippen LogP contribution is -2.43. The van der Waals surface area contributed by atoms with Gasteiger partial charge in [-0.25, -0.2) is 0 Å². The maximum Gasteiger partial charge on any atom is 0.238 e. The summed E-state index contributed by atoms with van der Waals surface area (Å²) in [6.45, 7) is 6.37. The zero-order valence-corrected chi connectivity index (χ0v) is 9.22. The van der Waals surface area contributed by atoms with Gasteiger partial charge >= 0.3 is 0 Å². The van der Waals surface area contributed by atoms with Crippen LogP contribution in [0.4, 0.5) is 0 Å². The first-order valence-electron chi connectivity index (χ1n) is 4.82. The third-order valence-electron chi connectivity index (χ3n) is 2.78. The lowest BCUT2D eigenvalue weighted by atomic mass is 10.2. The van der Waals surface area contributed by atoms with Crippen LogP contribution in [0.25, 0.3) is 0 Å². The minimum absolute atomic E-state index is 0.0539. The van der Waals surface area contributed by atoms with Gasteiger partial charge in [-0.3, -0.25) is 4.79 Å². The Morgan fingerprint density at radius 1 is 1.54 bits per heavy atom. The Bertz CT molecular complexity index is 211. The molecule has 0 spiro atoms. The standard InChI is InChI=1S/C10H20N2O/c1-7(9(13)12(4)5)11-8-6-10(8,2)3/h7-8,11H,6H2,1-5H3. The second kappa shape index (κ2) is 3.29. The van der Waals surface area contributed by atoms with E-state index in [4.69, 9.17) is 0 Å². The molecule has 0 bridgehead atoms. The second-order valence-corrected chi connectivity index (χ2v) is 4.87. The highest BCUT2D eigenvalue weighted by Gasteiger charge is 2.46. The molecule has 1 aliphatic carbocycles. The molecule has 0 aromatic heterocycles. The van der Waals surface area contributed by atoms with E-state index in [0.29, 0.717) is 11.5 Å². The Labute approximate surface area is 80.5 Å². The van der Waals surface area contributed by atoms with Gasteiger partial charge in [0.05, 0.1) is 6.04 Å². The summed E-state index contributed by atoms with van der Waals surface area (Å²) in [4.78, 5) is 13.1. The van der Waals surface area contributed by atoms with E-state index in [1.165, 1.54) is 6.42 Å². The van der Waals surface area contributed by atoms with Crippen molar-refractivity contribution in [2.45, 2.75) is 39.3 Å². The van der Waals surface area contributed by atoms with Gasteiger partial charge in [0, 0.05) is 20.1 Å². The van der Waals surface area contributed by atoms with E-state index < -0.39 is 0 Å². The van der Waals surface area contributed by atoms with E-state index in [2.05, 4.69) is 19.2 Å². The molecule has 76 valence electrons. The summed E-state index contributed by atoms with van der Waals surface area (Å²) in [5.74, 6) is 0.155. The zero-order chi connectivity index (χ0) is 10.2. The minimum Gasteiger partial charge on any atom is -0.347 e. The van der Waals surface area contributed by atoms with Crippen molar-refractivity contribution in [3.8, 4) is 0 Å². The maximum absolute atomic E-state index is 11.5. The number of likely N-dealkylation sites (N-methyl/N-ethyl adjacent to an activating group) is 1. The molecular formula is C10H20N2O. The fourth-order valence-electron chi connectivity index (χ4n) is 1.51. The molecule has 0 heterocycles. The van der Waals surface area contributed by atoms with E-state index in [9.17, 15) is 4.79 Å². The number of amides is 1. The number of hydrogen-bond donors (Lipinski definition) is 1. The van der Waals surface area contributed by atoms with Crippen LogP contribution in [0.1, 0.15) is 27.2 Å². The summed E-state index contributed by atoms with van der Waals surface area (Å²) in [5.41, 5.74) is 0.390. The average molecular weight is 184 g/mol. The molecule has 1 saturated carbocycles. The fourth-order valence-corrected chi connectivity index (χ4v) is 1.51. The average Bonchev–Trinajstić information content (AvgIpc) is 2.56. The van der Waals surface area contributed by atoms with Gasteiger partial charge in [-0.05, 0) is 18.8 Å². The Hall–Kier alpha value is -0.570. The van der Waals surface area contributed by atoms with E-state index >= 15 is 0 Å². The van der Waals surface area contributed by atoms with Crippen molar-refractivity contribution >= 4 is 5.91 Å². The van der Waals surface area contributed by atoms with Crippen LogP contribution in [0.3, 0.4) is 0 Å². The highest BCUT2D eigenvalue weighted by molar-refractivity contribution is 5.81. The Kier molecular flexibility index (Phi) is 2.66.